The van der Waals surface area contributed by atoms with Crippen LogP contribution in [-0.4, -0.2) is 6.54 Å². The molecule has 1 nitrogen and oxygen atoms in total. The fourth-order valence-electron chi connectivity index (χ4n) is 2.17. The Morgan fingerprint density at radius 3 is 2.29 bits per heavy atom. The van der Waals surface area contributed by atoms with Crippen molar-refractivity contribution in [2.75, 3.05) is 6.54 Å². The number of nitrogens with one attached hydrogen (secondary N) is 1. The molecule has 0 spiro atoms. The molecule has 0 aromatic heterocycles. The maximum Gasteiger partial charge on any atom is 0.128 e. The van der Waals surface area contributed by atoms with Gasteiger partial charge in [-0.2, -0.15) is 0 Å². The summed E-state index contributed by atoms with van der Waals surface area (Å²) in [7, 11) is 0. The third-order valence-electron chi connectivity index (χ3n) is 3.09. The summed E-state index contributed by atoms with van der Waals surface area (Å²) in [5.41, 5.74) is 1.66. The van der Waals surface area contributed by atoms with Gasteiger partial charge in [0.2, 0.25) is 0 Å². The quantitative estimate of drug-likeness (QED) is 0.538. The Morgan fingerprint density at radius 2 is 1.67 bits per heavy atom. The summed E-state index contributed by atoms with van der Waals surface area (Å²) in [6, 6.07) is 10.8. The average Bonchev–Trinajstić information content (AvgIpc) is 2.42. The van der Waals surface area contributed by atoms with Crippen molar-refractivity contribution in [2.45, 2.75) is 19.4 Å². The first-order chi connectivity index (χ1) is 10.0. The van der Waals surface area contributed by atoms with Crippen molar-refractivity contribution in [2.24, 2.45) is 0 Å². The molecule has 21 heavy (non-hydrogen) atoms. The minimum atomic E-state index is -0.206. The molecule has 2 aromatic rings. The fraction of sp³-hybridized carbons (Fsp3) is 0.250. The monoisotopic (exact) mass is 477 g/mol. The van der Waals surface area contributed by atoms with Gasteiger partial charge in [0, 0.05) is 19.0 Å². The molecule has 112 valence electrons. The second-order valence-electron chi connectivity index (χ2n) is 4.76. The van der Waals surface area contributed by atoms with Gasteiger partial charge in [0.15, 0.2) is 0 Å². The Hall–Kier alpha value is -0.230. The molecule has 0 radical (unpaired) electrons. The van der Waals surface area contributed by atoms with Crippen LogP contribution in [0.5, 0.6) is 0 Å². The first-order valence-electron chi connectivity index (χ1n) is 6.65. The van der Waals surface area contributed by atoms with Gasteiger partial charge in [-0.15, -0.1) is 0 Å². The zero-order chi connectivity index (χ0) is 15.4. The molecular formula is C16H15Br3FN. The smallest absolute Gasteiger partial charge is 0.128 e. The van der Waals surface area contributed by atoms with Gasteiger partial charge in [-0.05, 0) is 54.9 Å². The van der Waals surface area contributed by atoms with Crippen molar-refractivity contribution in [3.63, 3.8) is 0 Å². The van der Waals surface area contributed by atoms with Crippen LogP contribution in [-0.2, 0) is 0 Å². The van der Waals surface area contributed by atoms with Crippen LogP contribution in [0.25, 0.3) is 0 Å². The molecule has 1 N–H and O–H groups in total. The lowest BCUT2D eigenvalue weighted by Gasteiger charge is -2.21. The molecule has 0 fully saturated rings. The zero-order valence-electron chi connectivity index (χ0n) is 11.5. The van der Waals surface area contributed by atoms with Crippen LogP contribution >= 0.6 is 47.8 Å². The van der Waals surface area contributed by atoms with Crippen LogP contribution in [0.4, 0.5) is 4.39 Å². The molecule has 0 aliphatic heterocycles. The van der Waals surface area contributed by atoms with Crippen LogP contribution in [0.15, 0.2) is 49.8 Å². The molecular weight excluding hydrogens is 465 g/mol. The Labute approximate surface area is 149 Å². The summed E-state index contributed by atoms with van der Waals surface area (Å²) in [5.74, 6) is -0.206. The van der Waals surface area contributed by atoms with Crippen molar-refractivity contribution < 1.29 is 4.39 Å². The second-order valence-corrected chi connectivity index (χ2v) is 7.50. The fourth-order valence-corrected chi connectivity index (χ4v) is 3.88. The van der Waals surface area contributed by atoms with Crippen molar-refractivity contribution in [3.05, 3.63) is 66.8 Å². The van der Waals surface area contributed by atoms with Gasteiger partial charge in [0.25, 0.3) is 0 Å². The molecule has 1 atom stereocenters. The summed E-state index contributed by atoms with van der Waals surface area (Å²) < 4.78 is 17.0. The lowest BCUT2D eigenvalue weighted by Crippen LogP contribution is -2.24. The highest BCUT2D eigenvalue weighted by Gasteiger charge is 2.18. The topological polar surface area (TPSA) is 12.0 Å². The first kappa shape index (κ1) is 17.1. The van der Waals surface area contributed by atoms with Crippen molar-refractivity contribution in [1.82, 2.24) is 5.32 Å². The molecule has 0 heterocycles. The average molecular weight is 480 g/mol. The number of rotatable bonds is 5. The van der Waals surface area contributed by atoms with E-state index in [2.05, 4.69) is 60.0 Å². The largest absolute Gasteiger partial charge is 0.306 e. The first-order valence-corrected chi connectivity index (χ1v) is 9.03. The molecule has 0 aliphatic carbocycles. The van der Waals surface area contributed by atoms with E-state index < -0.39 is 0 Å². The van der Waals surface area contributed by atoms with Gasteiger partial charge < -0.3 is 5.32 Å². The van der Waals surface area contributed by atoms with Gasteiger partial charge in [0.1, 0.15) is 5.82 Å². The highest BCUT2D eigenvalue weighted by atomic mass is 79.9. The van der Waals surface area contributed by atoms with E-state index in [1.807, 2.05) is 24.3 Å². The van der Waals surface area contributed by atoms with Gasteiger partial charge in [-0.1, -0.05) is 54.7 Å². The predicted octanol–water partition coefficient (Wildman–Crippen LogP) is 6.20. The molecule has 0 aliphatic rings. The third-order valence-corrected chi connectivity index (χ3v) is 4.49. The van der Waals surface area contributed by atoms with Crippen LogP contribution in [0, 0.1) is 5.82 Å². The summed E-state index contributed by atoms with van der Waals surface area (Å²) in [6.45, 7) is 2.92. The summed E-state index contributed by atoms with van der Waals surface area (Å²) >= 11 is 10.4. The van der Waals surface area contributed by atoms with Crippen LogP contribution in [0.3, 0.4) is 0 Å². The standard InChI is InChI=1S/C16H15Br3FN/c1-2-5-21-16(10-6-12(18)8-13(19)7-10)14-9-11(17)3-4-15(14)20/h3-4,6-9,16,21H,2,5H2,1H3. The highest BCUT2D eigenvalue weighted by Crippen LogP contribution is 2.31. The molecule has 0 saturated heterocycles. The van der Waals surface area contributed by atoms with Gasteiger partial charge in [0.05, 0.1) is 6.04 Å². The summed E-state index contributed by atoms with van der Waals surface area (Å²) in [5, 5.41) is 3.42. The zero-order valence-corrected chi connectivity index (χ0v) is 16.2. The van der Waals surface area contributed by atoms with Crippen LogP contribution in [0.2, 0.25) is 0 Å². The predicted molar refractivity (Wildman–Crippen MR) is 96.1 cm³/mol. The maximum absolute atomic E-state index is 14.2. The van der Waals surface area contributed by atoms with E-state index in [-0.39, 0.29) is 11.9 Å². The van der Waals surface area contributed by atoms with E-state index in [1.165, 1.54) is 6.07 Å². The van der Waals surface area contributed by atoms with Gasteiger partial charge >= 0.3 is 0 Å². The Morgan fingerprint density at radius 1 is 1.00 bits per heavy atom. The molecule has 2 rings (SSSR count). The van der Waals surface area contributed by atoms with Crippen molar-refractivity contribution in [3.8, 4) is 0 Å². The molecule has 2 aromatic carbocycles. The third kappa shape index (κ3) is 4.62. The van der Waals surface area contributed by atoms with E-state index in [4.69, 9.17) is 0 Å². The number of hydrogen-bond donors (Lipinski definition) is 1. The minimum absolute atomic E-state index is 0.184. The molecule has 5 heteroatoms. The minimum Gasteiger partial charge on any atom is -0.306 e. The van der Waals surface area contributed by atoms with Crippen LogP contribution in [0.1, 0.15) is 30.5 Å². The van der Waals surface area contributed by atoms with E-state index in [0.29, 0.717) is 5.56 Å². The van der Waals surface area contributed by atoms with Gasteiger partial charge in [-0.25, -0.2) is 4.39 Å². The molecule has 0 bridgehead atoms. The molecule has 0 amide bonds. The SMILES string of the molecule is CCCNC(c1cc(Br)cc(Br)c1)c1cc(Br)ccc1F. The highest BCUT2D eigenvalue weighted by molar-refractivity contribution is 9.11. The number of hydrogen-bond acceptors (Lipinski definition) is 1. The summed E-state index contributed by atoms with van der Waals surface area (Å²) in [4.78, 5) is 0. The normalized spacial score (nSPS) is 12.4. The van der Waals surface area contributed by atoms with Crippen molar-refractivity contribution >= 4 is 47.8 Å². The van der Waals surface area contributed by atoms with Crippen molar-refractivity contribution in [1.29, 1.82) is 0 Å². The Bertz CT molecular complexity index is 611. The summed E-state index contributed by atoms with van der Waals surface area (Å²) in [6.07, 6.45) is 0.987. The van der Waals surface area contributed by atoms with Gasteiger partial charge in [-0.3, -0.25) is 0 Å². The van der Waals surface area contributed by atoms with E-state index in [1.54, 1.807) is 6.07 Å². The Kier molecular flexibility index (Phi) is 6.41. The van der Waals surface area contributed by atoms with E-state index in [9.17, 15) is 4.39 Å². The lowest BCUT2D eigenvalue weighted by molar-refractivity contribution is 0.546. The lowest BCUT2D eigenvalue weighted by atomic mass is 9.98. The number of halogens is 4. The molecule has 0 saturated carbocycles. The van der Waals surface area contributed by atoms with Crippen LogP contribution < -0.4 is 5.32 Å². The van der Waals surface area contributed by atoms with E-state index in [0.717, 1.165) is 31.9 Å². The second kappa shape index (κ2) is 7.86. The number of benzene rings is 2. The maximum atomic E-state index is 14.2. The van der Waals surface area contributed by atoms with E-state index >= 15 is 0 Å². The molecule has 1 unspecified atom stereocenters. The Balaban J connectivity index is 2.49.